The Morgan fingerprint density at radius 2 is 1.97 bits per heavy atom. The highest BCUT2D eigenvalue weighted by atomic mass is 16.5. The van der Waals surface area contributed by atoms with Crippen molar-refractivity contribution in [2.75, 3.05) is 7.11 Å². The van der Waals surface area contributed by atoms with Crippen LogP contribution in [0.15, 0.2) is 54.7 Å². The van der Waals surface area contributed by atoms with E-state index in [1.165, 1.54) is 5.56 Å². The van der Waals surface area contributed by atoms with Crippen LogP contribution in [0.5, 0.6) is 5.75 Å². The molecular formula is C26H33N3O3. The van der Waals surface area contributed by atoms with Crippen molar-refractivity contribution >= 4 is 5.97 Å². The Morgan fingerprint density at radius 1 is 1.19 bits per heavy atom. The molecule has 0 bridgehead atoms. The SMILES string of the molecule is CCCCc1ncc(CNC(Cc2ccccc2)C(=O)O)n1Cc1ccc(OC)c(C)c1. The van der Waals surface area contributed by atoms with Crippen molar-refractivity contribution in [3.63, 3.8) is 0 Å². The molecule has 0 saturated carbocycles. The van der Waals surface area contributed by atoms with Crippen LogP contribution in [0.1, 0.15) is 48.0 Å². The van der Waals surface area contributed by atoms with E-state index >= 15 is 0 Å². The fraction of sp³-hybridized carbons (Fsp3) is 0.385. The predicted molar refractivity (Wildman–Crippen MR) is 126 cm³/mol. The van der Waals surface area contributed by atoms with Gasteiger partial charge in [0.2, 0.25) is 0 Å². The number of aliphatic carboxylic acids is 1. The van der Waals surface area contributed by atoms with E-state index in [1.807, 2.05) is 49.5 Å². The summed E-state index contributed by atoms with van der Waals surface area (Å²) in [5.41, 5.74) is 4.25. The molecule has 1 atom stereocenters. The summed E-state index contributed by atoms with van der Waals surface area (Å²) in [7, 11) is 1.68. The van der Waals surface area contributed by atoms with Crippen LogP contribution < -0.4 is 10.1 Å². The van der Waals surface area contributed by atoms with Gasteiger partial charge in [-0.05, 0) is 42.5 Å². The normalized spacial score (nSPS) is 12.0. The van der Waals surface area contributed by atoms with Crippen molar-refractivity contribution in [3.8, 4) is 5.75 Å². The fourth-order valence-electron chi connectivity index (χ4n) is 3.87. The molecule has 0 aliphatic heterocycles. The van der Waals surface area contributed by atoms with Crippen molar-refractivity contribution in [3.05, 3.63) is 82.9 Å². The molecule has 1 aromatic heterocycles. The number of hydrogen-bond donors (Lipinski definition) is 2. The van der Waals surface area contributed by atoms with Crippen molar-refractivity contribution in [1.29, 1.82) is 0 Å². The second kappa shape index (κ2) is 11.5. The van der Waals surface area contributed by atoms with Crippen LogP contribution in [0.3, 0.4) is 0 Å². The molecule has 6 heteroatoms. The molecule has 3 aromatic rings. The van der Waals surface area contributed by atoms with Gasteiger partial charge in [0.25, 0.3) is 0 Å². The minimum atomic E-state index is -0.850. The van der Waals surface area contributed by atoms with E-state index in [-0.39, 0.29) is 0 Å². The number of unbranched alkanes of at least 4 members (excludes halogenated alkanes) is 1. The maximum atomic E-state index is 11.8. The number of carbonyl (C=O) groups is 1. The topological polar surface area (TPSA) is 76.4 Å². The third kappa shape index (κ3) is 6.20. The average Bonchev–Trinajstić information content (AvgIpc) is 3.17. The number of ether oxygens (including phenoxy) is 1. The molecule has 0 amide bonds. The lowest BCUT2D eigenvalue weighted by molar-refractivity contribution is -0.139. The van der Waals surface area contributed by atoms with Crippen LogP contribution in [0.25, 0.3) is 0 Å². The first-order valence-corrected chi connectivity index (χ1v) is 11.2. The second-order valence-corrected chi connectivity index (χ2v) is 8.12. The molecule has 0 aliphatic carbocycles. The smallest absolute Gasteiger partial charge is 0.321 e. The van der Waals surface area contributed by atoms with Crippen LogP contribution in [0.2, 0.25) is 0 Å². The van der Waals surface area contributed by atoms with Crippen molar-refractivity contribution in [2.45, 2.75) is 58.7 Å². The summed E-state index contributed by atoms with van der Waals surface area (Å²) >= 11 is 0. The highest BCUT2D eigenvalue weighted by molar-refractivity contribution is 5.73. The first-order valence-electron chi connectivity index (χ1n) is 11.2. The Kier molecular flexibility index (Phi) is 8.45. The van der Waals surface area contributed by atoms with Crippen molar-refractivity contribution in [2.24, 2.45) is 0 Å². The van der Waals surface area contributed by atoms with Crippen LogP contribution in [-0.2, 0) is 30.7 Å². The summed E-state index contributed by atoms with van der Waals surface area (Å²) in [6, 6.07) is 15.2. The van der Waals surface area contributed by atoms with Crippen LogP contribution in [-0.4, -0.2) is 33.8 Å². The van der Waals surface area contributed by atoms with Gasteiger partial charge in [0.05, 0.1) is 12.8 Å². The summed E-state index contributed by atoms with van der Waals surface area (Å²) in [6.07, 6.45) is 5.37. The van der Waals surface area contributed by atoms with Crippen LogP contribution >= 0.6 is 0 Å². The minimum Gasteiger partial charge on any atom is -0.496 e. The summed E-state index contributed by atoms with van der Waals surface area (Å²) in [4.78, 5) is 16.5. The Hall–Kier alpha value is -3.12. The molecule has 0 radical (unpaired) electrons. The molecular weight excluding hydrogens is 402 g/mol. The maximum absolute atomic E-state index is 11.8. The summed E-state index contributed by atoms with van der Waals surface area (Å²) < 4.78 is 7.60. The number of benzene rings is 2. The first kappa shape index (κ1) is 23.5. The standard InChI is InChI=1S/C26H33N3O3/c1-4-5-11-25-28-17-22(29(25)18-21-12-13-24(32-3)19(2)14-21)16-27-23(26(30)31)15-20-9-7-6-8-10-20/h6-10,12-14,17,23,27H,4-5,11,15-16,18H2,1-3H3,(H,30,31). The zero-order valence-electron chi connectivity index (χ0n) is 19.2. The van der Waals surface area contributed by atoms with Gasteiger partial charge in [0.15, 0.2) is 0 Å². The molecule has 0 saturated heterocycles. The van der Waals surface area contributed by atoms with Gasteiger partial charge in [-0.3, -0.25) is 10.1 Å². The zero-order chi connectivity index (χ0) is 22.9. The molecule has 0 aliphatic rings. The fourth-order valence-corrected chi connectivity index (χ4v) is 3.87. The van der Waals surface area contributed by atoms with Gasteiger partial charge in [0, 0.05) is 25.7 Å². The van der Waals surface area contributed by atoms with Gasteiger partial charge < -0.3 is 14.4 Å². The molecule has 0 spiro atoms. The molecule has 6 nitrogen and oxygen atoms in total. The van der Waals surface area contributed by atoms with Gasteiger partial charge in [-0.1, -0.05) is 55.8 Å². The quantitative estimate of drug-likeness (QED) is 0.442. The molecule has 1 unspecified atom stereocenters. The number of nitrogens with one attached hydrogen (secondary N) is 1. The van der Waals surface area contributed by atoms with E-state index in [2.05, 4.69) is 33.9 Å². The number of nitrogens with zero attached hydrogens (tertiary/aromatic N) is 2. The molecule has 170 valence electrons. The number of aryl methyl sites for hydroxylation is 2. The molecule has 0 fully saturated rings. The van der Waals surface area contributed by atoms with Crippen LogP contribution in [0, 0.1) is 6.92 Å². The summed E-state index contributed by atoms with van der Waals surface area (Å²) in [6.45, 7) is 5.34. The third-order valence-electron chi connectivity index (χ3n) is 5.69. The summed E-state index contributed by atoms with van der Waals surface area (Å²) in [5, 5.41) is 13.0. The lowest BCUT2D eigenvalue weighted by atomic mass is 10.1. The van der Waals surface area contributed by atoms with E-state index in [9.17, 15) is 9.90 Å². The minimum absolute atomic E-state index is 0.435. The number of imidazole rings is 1. The Balaban J connectivity index is 1.78. The van der Waals surface area contributed by atoms with Gasteiger partial charge in [-0.25, -0.2) is 4.98 Å². The number of carboxylic acids is 1. The number of hydrogen-bond acceptors (Lipinski definition) is 4. The van der Waals surface area contributed by atoms with E-state index in [0.29, 0.717) is 19.5 Å². The van der Waals surface area contributed by atoms with Gasteiger partial charge in [0.1, 0.15) is 17.6 Å². The third-order valence-corrected chi connectivity index (χ3v) is 5.69. The van der Waals surface area contributed by atoms with E-state index in [4.69, 9.17) is 4.74 Å². The molecule has 2 N–H and O–H groups in total. The van der Waals surface area contributed by atoms with Crippen molar-refractivity contribution in [1.82, 2.24) is 14.9 Å². The molecule has 2 aromatic carbocycles. The first-order chi connectivity index (χ1) is 15.5. The largest absolute Gasteiger partial charge is 0.496 e. The van der Waals surface area contributed by atoms with E-state index < -0.39 is 12.0 Å². The Bertz CT molecular complexity index is 1010. The van der Waals surface area contributed by atoms with E-state index in [1.54, 1.807) is 7.11 Å². The molecule has 3 rings (SSSR count). The summed E-state index contributed by atoms with van der Waals surface area (Å²) in [5.74, 6) is 1.06. The van der Waals surface area contributed by atoms with Gasteiger partial charge in [-0.2, -0.15) is 0 Å². The van der Waals surface area contributed by atoms with Gasteiger partial charge in [-0.15, -0.1) is 0 Å². The Morgan fingerprint density at radius 3 is 2.62 bits per heavy atom. The lowest BCUT2D eigenvalue weighted by Gasteiger charge is -2.17. The molecule has 1 heterocycles. The number of methoxy groups -OCH3 is 1. The number of carboxylic acid groups (broad SMARTS) is 1. The molecule has 32 heavy (non-hydrogen) atoms. The lowest BCUT2D eigenvalue weighted by Crippen LogP contribution is -2.38. The Labute approximate surface area is 190 Å². The second-order valence-electron chi connectivity index (χ2n) is 8.12. The van der Waals surface area contributed by atoms with Gasteiger partial charge >= 0.3 is 5.97 Å². The predicted octanol–water partition coefficient (Wildman–Crippen LogP) is 4.38. The maximum Gasteiger partial charge on any atom is 0.321 e. The highest BCUT2D eigenvalue weighted by Gasteiger charge is 2.19. The van der Waals surface area contributed by atoms with E-state index in [0.717, 1.165) is 47.7 Å². The highest BCUT2D eigenvalue weighted by Crippen LogP contribution is 2.20. The number of rotatable bonds is 12. The van der Waals surface area contributed by atoms with Crippen LogP contribution in [0.4, 0.5) is 0 Å². The monoisotopic (exact) mass is 435 g/mol. The number of aromatic nitrogens is 2. The zero-order valence-corrected chi connectivity index (χ0v) is 19.2. The van der Waals surface area contributed by atoms with Crippen molar-refractivity contribution < 1.29 is 14.6 Å². The average molecular weight is 436 g/mol.